The number of hydrogen-bond donors (Lipinski definition) is 2. The Kier molecular flexibility index (Phi) is 5.18. The molecule has 0 aliphatic rings. The molecule has 0 saturated carbocycles. The summed E-state index contributed by atoms with van der Waals surface area (Å²) in [5.41, 5.74) is 1.96. The first-order valence-corrected chi connectivity index (χ1v) is 7.23. The molecule has 0 spiro atoms. The van der Waals surface area contributed by atoms with Crippen LogP contribution in [0.4, 0.5) is 5.69 Å². The number of aryl methyl sites for hydroxylation is 1. The quantitative estimate of drug-likeness (QED) is 0.841. The number of carboxylic acids is 1. The highest BCUT2D eigenvalue weighted by Crippen LogP contribution is 2.16. The number of carboxylic acid groups (broad SMARTS) is 1. The van der Waals surface area contributed by atoms with Crippen molar-refractivity contribution in [3.05, 3.63) is 64.6 Å². The van der Waals surface area contributed by atoms with E-state index in [9.17, 15) is 9.90 Å². The van der Waals surface area contributed by atoms with Gasteiger partial charge in [-0.1, -0.05) is 46.3 Å². The molecule has 0 aromatic heterocycles. The van der Waals surface area contributed by atoms with Crippen LogP contribution in [0.5, 0.6) is 0 Å². The first-order valence-electron chi connectivity index (χ1n) is 6.44. The first kappa shape index (κ1) is 14.6. The summed E-state index contributed by atoms with van der Waals surface area (Å²) < 4.78 is 0.971. The molecule has 0 aliphatic heterocycles. The molecule has 2 aromatic carbocycles. The molecule has 0 bridgehead atoms. The maximum Gasteiger partial charge on any atom is 0.326 e. The summed E-state index contributed by atoms with van der Waals surface area (Å²) in [4.78, 5) is 11.3. The average Bonchev–Trinajstić information content (AvgIpc) is 2.46. The Labute approximate surface area is 126 Å². The summed E-state index contributed by atoms with van der Waals surface area (Å²) in [5, 5.41) is 12.4. The highest BCUT2D eigenvalue weighted by atomic mass is 79.9. The predicted molar refractivity (Wildman–Crippen MR) is 84.0 cm³/mol. The van der Waals surface area contributed by atoms with Gasteiger partial charge in [0.1, 0.15) is 6.04 Å². The van der Waals surface area contributed by atoms with Gasteiger partial charge in [-0.15, -0.1) is 0 Å². The van der Waals surface area contributed by atoms with Crippen LogP contribution in [0.15, 0.2) is 59.1 Å². The molecule has 0 heterocycles. The third-order valence-electron chi connectivity index (χ3n) is 3.05. The lowest BCUT2D eigenvalue weighted by Gasteiger charge is -2.15. The van der Waals surface area contributed by atoms with Gasteiger partial charge in [-0.3, -0.25) is 0 Å². The topological polar surface area (TPSA) is 49.3 Å². The van der Waals surface area contributed by atoms with Crippen molar-refractivity contribution in [2.45, 2.75) is 18.9 Å². The van der Waals surface area contributed by atoms with Crippen molar-refractivity contribution in [3.8, 4) is 0 Å². The molecule has 0 saturated heterocycles. The summed E-state index contributed by atoms with van der Waals surface area (Å²) >= 11 is 3.36. The van der Waals surface area contributed by atoms with Crippen LogP contribution in [0.1, 0.15) is 12.0 Å². The van der Waals surface area contributed by atoms with Gasteiger partial charge in [0, 0.05) is 10.2 Å². The van der Waals surface area contributed by atoms with Crippen LogP contribution in [0.3, 0.4) is 0 Å². The Morgan fingerprint density at radius 1 is 1.10 bits per heavy atom. The second-order valence-corrected chi connectivity index (χ2v) is 5.48. The molecule has 2 N–H and O–H groups in total. The Bertz CT molecular complexity index is 554. The number of benzene rings is 2. The lowest BCUT2D eigenvalue weighted by Crippen LogP contribution is -2.29. The first-order chi connectivity index (χ1) is 9.65. The lowest BCUT2D eigenvalue weighted by molar-refractivity contribution is -0.138. The van der Waals surface area contributed by atoms with Crippen LogP contribution in [-0.4, -0.2) is 17.1 Å². The number of nitrogens with one attached hydrogen (secondary N) is 1. The monoisotopic (exact) mass is 333 g/mol. The van der Waals surface area contributed by atoms with Gasteiger partial charge in [0.05, 0.1) is 0 Å². The molecular weight excluding hydrogens is 318 g/mol. The molecule has 104 valence electrons. The number of anilines is 1. The Hall–Kier alpha value is -1.81. The fourth-order valence-electron chi connectivity index (χ4n) is 1.96. The van der Waals surface area contributed by atoms with E-state index in [0.29, 0.717) is 6.42 Å². The molecule has 1 atom stereocenters. The third kappa shape index (κ3) is 4.38. The fourth-order valence-corrected chi connectivity index (χ4v) is 2.22. The number of carbonyl (C=O) groups is 1. The summed E-state index contributed by atoms with van der Waals surface area (Å²) in [6.45, 7) is 0. The van der Waals surface area contributed by atoms with Gasteiger partial charge in [0.2, 0.25) is 0 Å². The standard InChI is InChI=1S/C16H16BrNO2/c17-13-7-9-14(10-8-13)18-15(16(19)20)11-6-12-4-2-1-3-5-12/h1-5,7-10,15,18H,6,11H2,(H,19,20). The minimum absolute atomic E-state index is 0.551. The van der Waals surface area contributed by atoms with Gasteiger partial charge in [0.25, 0.3) is 0 Å². The molecule has 0 fully saturated rings. The molecule has 2 aromatic rings. The van der Waals surface area contributed by atoms with Crippen molar-refractivity contribution < 1.29 is 9.90 Å². The second-order valence-electron chi connectivity index (χ2n) is 4.57. The summed E-state index contributed by atoms with van der Waals surface area (Å²) in [6, 6.07) is 16.8. The number of hydrogen-bond acceptors (Lipinski definition) is 2. The van der Waals surface area contributed by atoms with E-state index < -0.39 is 12.0 Å². The van der Waals surface area contributed by atoms with Gasteiger partial charge < -0.3 is 10.4 Å². The van der Waals surface area contributed by atoms with E-state index in [0.717, 1.165) is 22.1 Å². The van der Waals surface area contributed by atoms with Crippen molar-refractivity contribution in [2.24, 2.45) is 0 Å². The van der Waals surface area contributed by atoms with Crippen LogP contribution >= 0.6 is 15.9 Å². The summed E-state index contributed by atoms with van der Waals surface area (Å²) in [6.07, 6.45) is 1.29. The lowest BCUT2D eigenvalue weighted by atomic mass is 10.1. The number of aliphatic carboxylic acids is 1. The zero-order chi connectivity index (χ0) is 14.4. The van der Waals surface area contributed by atoms with Gasteiger partial charge in [0.15, 0.2) is 0 Å². The van der Waals surface area contributed by atoms with Crippen molar-refractivity contribution in [1.29, 1.82) is 0 Å². The van der Waals surface area contributed by atoms with E-state index >= 15 is 0 Å². The molecule has 4 heteroatoms. The minimum Gasteiger partial charge on any atom is -0.480 e. The van der Waals surface area contributed by atoms with Crippen LogP contribution in [0.2, 0.25) is 0 Å². The Morgan fingerprint density at radius 3 is 2.35 bits per heavy atom. The van der Waals surface area contributed by atoms with Crippen molar-refractivity contribution >= 4 is 27.6 Å². The SMILES string of the molecule is O=C(O)C(CCc1ccccc1)Nc1ccc(Br)cc1. The van der Waals surface area contributed by atoms with Gasteiger partial charge >= 0.3 is 5.97 Å². The molecule has 1 unspecified atom stereocenters. The van der Waals surface area contributed by atoms with Crippen LogP contribution in [-0.2, 0) is 11.2 Å². The fraction of sp³-hybridized carbons (Fsp3) is 0.188. The number of halogens is 1. The highest BCUT2D eigenvalue weighted by molar-refractivity contribution is 9.10. The average molecular weight is 334 g/mol. The van der Waals surface area contributed by atoms with Crippen molar-refractivity contribution in [2.75, 3.05) is 5.32 Å². The molecule has 0 aliphatic carbocycles. The van der Waals surface area contributed by atoms with E-state index in [1.165, 1.54) is 0 Å². The van der Waals surface area contributed by atoms with Crippen LogP contribution in [0.25, 0.3) is 0 Å². The maximum absolute atomic E-state index is 11.3. The Morgan fingerprint density at radius 2 is 1.75 bits per heavy atom. The Balaban J connectivity index is 1.97. The van der Waals surface area contributed by atoms with Gasteiger partial charge in [-0.2, -0.15) is 0 Å². The summed E-state index contributed by atoms with van der Waals surface area (Å²) in [5.74, 6) is -0.830. The maximum atomic E-state index is 11.3. The zero-order valence-electron chi connectivity index (χ0n) is 10.9. The molecule has 3 nitrogen and oxygen atoms in total. The summed E-state index contributed by atoms with van der Waals surface area (Å²) in [7, 11) is 0. The smallest absolute Gasteiger partial charge is 0.326 e. The predicted octanol–water partition coefficient (Wildman–Crippen LogP) is 3.95. The largest absolute Gasteiger partial charge is 0.480 e. The normalized spacial score (nSPS) is 11.8. The molecule has 20 heavy (non-hydrogen) atoms. The van der Waals surface area contributed by atoms with E-state index in [1.807, 2.05) is 54.6 Å². The zero-order valence-corrected chi connectivity index (χ0v) is 12.5. The molecule has 0 radical (unpaired) electrons. The molecule has 2 rings (SSSR count). The van der Waals surface area contributed by atoms with E-state index in [1.54, 1.807) is 0 Å². The van der Waals surface area contributed by atoms with Crippen molar-refractivity contribution in [1.82, 2.24) is 0 Å². The van der Waals surface area contributed by atoms with Crippen LogP contribution < -0.4 is 5.32 Å². The van der Waals surface area contributed by atoms with Gasteiger partial charge in [-0.25, -0.2) is 4.79 Å². The van der Waals surface area contributed by atoms with Crippen LogP contribution in [0, 0.1) is 0 Å². The van der Waals surface area contributed by atoms with E-state index in [2.05, 4.69) is 21.2 Å². The third-order valence-corrected chi connectivity index (χ3v) is 3.58. The number of rotatable bonds is 6. The van der Waals surface area contributed by atoms with Gasteiger partial charge in [-0.05, 0) is 42.7 Å². The van der Waals surface area contributed by atoms with E-state index in [-0.39, 0.29) is 0 Å². The second kappa shape index (κ2) is 7.10. The highest BCUT2D eigenvalue weighted by Gasteiger charge is 2.16. The van der Waals surface area contributed by atoms with Crippen molar-refractivity contribution in [3.63, 3.8) is 0 Å². The minimum atomic E-state index is -0.830. The molecule has 0 amide bonds. The van der Waals surface area contributed by atoms with E-state index in [4.69, 9.17) is 0 Å². The molecular formula is C16H16BrNO2.